The van der Waals surface area contributed by atoms with Crippen LogP contribution in [-0.4, -0.2) is 83.1 Å². The van der Waals surface area contributed by atoms with E-state index < -0.39 is 70.4 Å². The van der Waals surface area contributed by atoms with Crippen molar-refractivity contribution in [3.8, 4) is 0 Å². The second-order valence-electron chi connectivity index (χ2n) is 19.0. The summed E-state index contributed by atoms with van der Waals surface area (Å²) in [6.07, 6.45) is -0.101. The molecule has 7 rings (SSSR count). The molecule has 1 unspecified atom stereocenters. The third-order valence-electron chi connectivity index (χ3n) is 9.22. The summed E-state index contributed by atoms with van der Waals surface area (Å²) < 4.78 is 98.6. The van der Waals surface area contributed by atoms with Crippen LogP contribution in [0.2, 0.25) is 48.4 Å². The Bertz CT molecular complexity index is 939. The van der Waals surface area contributed by atoms with E-state index in [0.29, 0.717) is 55.0 Å². The highest BCUT2D eigenvalue weighted by Gasteiger charge is 2.83. The molecule has 0 aromatic carbocycles. The Balaban J connectivity index is 1.74. The average Bonchev–Trinajstić information content (AvgIpc) is 3.64. The molecule has 0 aromatic heterocycles. The summed E-state index contributed by atoms with van der Waals surface area (Å²) in [7, 11) is -31.0. The lowest BCUT2D eigenvalue weighted by Gasteiger charge is -2.64. The summed E-state index contributed by atoms with van der Waals surface area (Å²) in [5.74, 6) is 0.959. The van der Waals surface area contributed by atoms with Crippen LogP contribution in [0.3, 0.4) is 0 Å². The lowest BCUT2D eigenvalue weighted by molar-refractivity contribution is -0.0342. The summed E-state index contributed by atoms with van der Waals surface area (Å²) >= 11 is 0. The van der Waals surface area contributed by atoms with Crippen LogP contribution in [0.15, 0.2) is 0 Å². The fourth-order valence-electron chi connectivity index (χ4n) is 8.31. The summed E-state index contributed by atoms with van der Waals surface area (Å²) in [6.45, 7) is 30.9. The number of hydrogen-bond acceptors (Lipinski definition) is 13. The van der Waals surface area contributed by atoms with Gasteiger partial charge in [0.2, 0.25) is 0 Å². The van der Waals surface area contributed by atoms with Crippen molar-refractivity contribution in [3.63, 3.8) is 0 Å². The van der Waals surface area contributed by atoms with Crippen molar-refractivity contribution in [2.24, 2.45) is 41.4 Å². The average molecular weight is 874 g/mol. The molecule has 0 aromatic rings. The van der Waals surface area contributed by atoms with Gasteiger partial charge < -0.3 is 54.1 Å². The normalized spacial score (nSPS) is 44.4. The molecule has 0 spiro atoms. The van der Waals surface area contributed by atoms with Gasteiger partial charge in [0.25, 0.3) is 0 Å². The van der Waals surface area contributed by atoms with Crippen LogP contribution in [0, 0.1) is 41.4 Å². The van der Waals surface area contributed by atoms with Crippen LogP contribution in [0.5, 0.6) is 0 Å². The van der Waals surface area contributed by atoms with E-state index in [1.807, 2.05) is 0 Å². The van der Waals surface area contributed by atoms with Crippen molar-refractivity contribution in [1.82, 2.24) is 0 Å². The molecule has 0 aliphatic carbocycles. The first-order valence-electron chi connectivity index (χ1n) is 20.0. The van der Waals surface area contributed by atoms with E-state index in [4.69, 9.17) is 54.1 Å². The number of epoxide rings is 1. The van der Waals surface area contributed by atoms with Gasteiger partial charge in [-0.05, 0) is 41.4 Å². The van der Waals surface area contributed by atoms with Crippen molar-refractivity contribution in [3.05, 3.63) is 0 Å². The van der Waals surface area contributed by atoms with Crippen LogP contribution < -0.4 is 0 Å². The molecule has 1 atom stereocenters. The molecule has 8 bridgehead atoms. The van der Waals surface area contributed by atoms with E-state index in [1.165, 1.54) is 0 Å². The predicted molar refractivity (Wildman–Crippen MR) is 211 cm³/mol. The van der Waals surface area contributed by atoms with Crippen molar-refractivity contribution >= 4 is 70.4 Å². The van der Waals surface area contributed by atoms with Gasteiger partial charge in [-0.1, -0.05) is 96.9 Å². The highest BCUT2D eigenvalue weighted by Crippen LogP contribution is 2.56. The van der Waals surface area contributed by atoms with Crippen molar-refractivity contribution in [2.75, 3.05) is 6.61 Å². The third-order valence-corrected chi connectivity index (χ3v) is 49.2. The molecule has 0 N–H and O–H groups in total. The molecule has 7 aliphatic rings. The van der Waals surface area contributed by atoms with Gasteiger partial charge in [0.05, 0.1) is 12.7 Å². The maximum absolute atomic E-state index is 7.73. The Morgan fingerprint density at radius 1 is 0.308 bits per heavy atom. The van der Waals surface area contributed by atoms with Gasteiger partial charge in [0, 0.05) is 48.4 Å². The van der Waals surface area contributed by atoms with Crippen LogP contribution in [0.4, 0.5) is 0 Å². The van der Waals surface area contributed by atoms with E-state index in [-0.39, 0.29) is 47.5 Å². The van der Waals surface area contributed by atoms with Crippen molar-refractivity contribution < 1.29 is 54.1 Å². The monoisotopic (exact) mass is 872 g/mol. The smallest absolute Gasteiger partial charge is 0.373 e. The predicted octanol–water partition coefficient (Wildman–Crippen LogP) is 7.76. The van der Waals surface area contributed by atoms with Gasteiger partial charge >= 0.3 is 70.4 Å². The zero-order valence-electron chi connectivity index (χ0n) is 34.3. The van der Waals surface area contributed by atoms with E-state index in [9.17, 15) is 0 Å². The van der Waals surface area contributed by atoms with E-state index in [1.54, 1.807) is 0 Å². The van der Waals surface area contributed by atoms with Gasteiger partial charge in [0.1, 0.15) is 0 Å². The molecule has 7 aliphatic heterocycles. The standard InChI is InChI=1S/C31H68O13Si8/c1-24(2)16-45-33-46(17-25(3)4)36-49(20-28(9)10)38-47(34-45,18-26(5)6)40-51(22-30(13)14)41-48(35-45,19-27(7)8)39-50(37-46,21-29(11)12)43-52(42-49,44-51)23-31-15-32-31/h24-31H,15-23H2,1-14H3. The van der Waals surface area contributed by atoms with Crippen LogP contribution in [0.25, 0.3) is 0 Å². The Hall–Kier alpha value is 1.22. The minimum Gasteiger partial charge on any atom is -0.373 e. The van der Waals surface area contributed by atoms with Gasteiger partial charge in [-0.3, -0.25) is 0 Å². The highest BCUT2D eigenvalue weighted by atomic mass is 28.6. The van der Waals surface area contributed by atoms with Gasteiger partial charge in [-0.15, -0.1) is 0 Å². The van der Waals surface area contributed by atoms with Crippen LogP contribution in [-0.2, 0) is 54.1 Å². The van der Waals surface area contributed by atoms with E-state index in [2.05, 4.69) is 96.9 Å². The zero-order valence-corrected chi connectivity index (χ0v) is 42.3. The summed E-state index contributed by atoms with van der Waals surface area (Å²) in [6, 6.07) is 3.87. The largest absolute Gasteiger partial charge is 0.481 e. The molecule has 52 heavy (non-hydrogen) atoms. The second kappa shape index (κ2) is 15.1. The first-order valence-corrected chi connectivity index (χ1v) is 35.5. The van der Waals surface area contributed by atoms with Crippen molar-refractivity contribution in [1.29, 1.82) is 0 Å². The molecule has 13 nitrogen and oxygen atoms in total. The summed E-state index contributed by atoms with van der Waals surface area (Å²) in [5, 5.41) is 0. The summed E-state index contributed by atoms with van der Waals surface area (Å²) in [5.41, 5.74) is 0. The third kappa shape index (κ3) is 9.56. The number of hydrogen-bond donors (Lipinski definition) is 0. The molecular weight excluding hydrogens is 805 g/mol. The molecule has 7 saturated heterocycles. The minimum absolute atomic E-state index is 0.101. The lowest BCUT2D eigenvalue weighted by Crippen LogP contribution is -2.88. The molecule has 7 fully saturated rings. The van der Waals surface area contributed by atoms with Gasteiger partial charge in [0.15, 0.2) is 0 Å². The number of ether oxygens (including phenoxy) is 1. The van der Waals surface area contributed by atoms with Gasteiger partial charge in [-0.2, -0.15) is 0 Å². The SMILES string of the molecule is CC(C)C[Si]12O[Si]3(CC(C)C)O[Si]4(CC(C)C)O[Si](CC(C)C)(O1)O[Si]1(CC(C)C)O[Si](CC(C)C)(O2)O[Si](CC(C)C)(O3)O[Si](CC2CO2)(O4)O1. The second-order valence-corrected chi connectivity index (χ2v) is 43.0. The first kappa shape index (κ1) is 42.8. The Kier molecular flexibility index (Phi) is 12.4. The topological polar surface area (TPSA) is 123 Å². The quantitative estimate of drug-likeness (QED) is 0.111. The van der Waals surface area contributed by atoms with E-state index in [0.717, 1.165) is 0 Å². The highest BCUT2D eigenvalue weighted by molar-refractivity contribution is 7.03. The maximum atomic E-state index is 7.73. The van der Waals surface area contributed by atoms with Crippen LogP contribution >= 0.6 is 0 Å². The molecule has 21 heteroatoms. The Morgan fingerprint density at radius 3 is 0.596 bits per heavy atom. The molecule has 0 saturated carbocycles. The number of rotatable bonds is 16. The van der Waals surface area contributed by atoms with Crippen LogP contribution in [0.1, 0.15) is 96.9 Å². The molecule has 0 radical (unpaired) electrons. The van der Waals surface area contributed by atoms with E-state index >= 15 is 0 Å². The molecule has 302 valence electrons. The van der Waals surface area contributed by atoms with Crippen molar-refractivity contribution in [2.45, 2.75) is 151 Å². The molecule has 0 amide bonds. The Labute approximate surface area is 322 Å². The zero-order chi connectivity index (χ0) is 38.2. The van der Waals surface area contributed by atoms with Gasteiger partial charge in [-0.25, -0.2) is 0 Å². The maximum Gasteiger partial charge on any atom is 0.481 e. The molecule has 7 heterocycles. The Morgan fingerprint density at radius 2 is 0.462 bits per heavy atom. The summed E-state index contributed by atoms with van der Waals surface area (Å²) in [4.78, 5) is 0. The minimum atomic E-state index is -3.91. The first-order chi connectivity index (χ1) is 24.0. The molecular formula is C31H68O13Si8. The lowest BCUT2D eigenvalue weighted by atomic mass is 10.3. The fourth-order valence-corrected chi connectivity index (χ4v) is 59.8. The fraction of sp³-hybridized carbons (Fsp3) is 1.00.